The second-order valence-electron chi connectivity index (χ2n) is 5.02. The minimum absolute atomic E-state index is 0.0471. The minimum Gasteiger partial charge on any atom is -0.326 e. The van der Waals surface area contributed by atoms with Gasteiger partial charge < -0.3 is 10.3 Å². The minimum atomic E-state index is -0.578. The first-order chi connectivity index (χ1) is 10.4. The fourth-order valence-electron chi connectivity index (χ4n) is 2.06. The van der Waals surface area contributed by atoms with Gasteiger partial charge in [0.25, 0.3) is 5.56 Å². The van der Waals surface area contributed by atoms with Crippen LogP contribution >= 0.6 is 0 Å². The van der Waals surface area contributed by atoms with Crippen LogP contribution in [0, 0.1) is 19.7 Å². The molecule has 0 spiro atoms. The Morgan fingerprint density at radius 1 is 1.23 bits per heavy atom. The first-order valence-electron chi connectivity index (χ1n) is 6.75. The second-order valence-corrected chi connectivity index (χ2v) is 5.02. The molecule has 0 fully saturated rings. The molecule has 0 atom stereocenters. The van der Waals surface area contributed by atoms with Crippen LogP contribution in [0.4, 0.5) is 10.1 Å². The molecule has 22 heavy (non-hydrogen) atoms. The van der Waals surface area contributed by atoms with Crippen molar-refractivity contribution in [2.45, 2.75) is 26.7 Å². The van der Waals surface area contributed by atoms with Crippen LogP contribution in [0.15, 0.2) is 27.8 Å². The van der Waals surface area contributed by atoms with Crippen LogP contribution in [0.5, 0.6) is 0 Å². The van der Waals surface area contributed by atoms with Crippen LogP contribution in [0.25, 0.3) is 0 Å². The number of hydrogen-bond acceptors (Lipinski definition) is 3. The molecule has 1 heterocycles. The van der Waals surface area contributed by atoms with Crippen molar-refractivity contribution < 1.29 is 9.18 Å². The molecule has 2 aromatic rings. The fourth-order valence-corrected chi connectivity index (χ4v) is 2.06. The van der Waals surface area contributed by atoms with E-state index in [1.54, 1.807) is 26.0 Å². The number of halogens is 1. The molecule has 2 rings (SSSR count). The summed E-state index contributed by atoms with van der Waals surface area (Å²) in [5.74, 6) is -0.737. The Morgan fingerprint density at radius 3 is 2.59 bits per heavy atom. The third-order valence-electron chi connectivity index (χ3n) is 3.31. The van der Waals surface area contributed by atoms with Crippen molar-refractivity contribution in [1.29, 1.82) is 0 Å². The van der Waals surface area contributed by atoms with Crippen molar-refractivity contribution in [3.05, 3.63) is 61.7 Å². The molecule has 0 aliphatic rings. The summed E-state index contributed by atoms with van der Waals surface area (Å²) < 4.78 is 13.4. The molecule has 0 radical (unpaired) electrons. The Balaban J connectivity index is 2.03. The summed E-state index contributed by atoms with van der Waals surface area (Å²) >= 11 is 0. The van der Waals surface area contributed by atoms with Crippen LogP contribution in [-0.2, 0) is 11.2 Å². The van der Waals surface area contributed by atoms with Gasteiger partial charge in [-0.2, -0.15) is 0 Å². The van der Waals surface area contributed by atoms with Crippen LogP contribution in [0.1, 0.15) is 23.2 Å². The highest BCUT2D eigenvalue weighted by molar-refractivity contribution is 5.90. The highest BCUT2D eigenvalue weighted by Gasteiger charge is 2.10. The lowest BCUT2D eigenvalue weighted by molar-refractivity contribution is -0.116. The van der Waals surface area contributed by atoms with E-state index in [2.05, 4.69) is 15.3 Å². The first kappa shape index (κ1) is 15.7. The molecule has 7 heteroatoms. The number of amides is 1. The molecule has 0 aliphatic heterocycles. The van der Waals surface area contributed by atoms with Gasteiger partial charge in [-0.3, -0.25) is 14.6 Å². The Labute approximate surface area is 125 Å². The number of H-pyrrole nitrogens is 2. The number of carbonyl (C=O) groups is 1. The van der Waals surface area contributed by atoms with Crippen molar-refractivity contribution >= 4 is 11.6 Å². The zero-order valence-electron chi connectivity index (χ0n) is 12.2. The maximum Gasteiger partial charge on any atom is 0.325 e. The lowest BCUT2D eigenvalue weighted by Gasteiger charge is -2.07. The topological polar surface area (TPSA) is 94.8 Å². The Morgan fingerprint density at radius 2 is 1.95 bits per heavy atom. The predicted molar refractivity (Wildman–Crippen MR) is 80.5 cm³/mol. The van der Waals surface area contributed by atoms with Crippen molar-refractivity contribution in [2.24, 2.45) is 0 Å². The first-order valence-corrected chi connectivity index (χ1v) is 6.75. The largest absolute Gasteiger partial charge is 0.326 e. The number of aryl methyl sites for hydroxylation is 2. The molecular weight excluding hydrogens is 289 g/mol. The van der Waals surface area contributed by atoms with E-state index in [1.165, 1.54) is 6.07 Å². The zero-order valence-corrected chi connectivity index (χ0v) is 12.2. The molecule has 116 valence electrons. The van der Waals surface area contributed by atoms with Gasteiger partial charge in [-0.1, -0.05) is 6.07 Å². The maximum absolute atomic E-state index is 13.4. The quantitative estimate of drug-likeness (QED) is 0.796. The summed E-state index contributed by atoms with van der Waals surface area (Å²) in [5.41, 5.74) is 0.558. The summed E-state index contributed by atoms with van der Waals surface area (Å²) in [6, 6.07) is 4.42. The number of aromatic nitrogens is 2. The van der Waals surface area contributed by atoms with Crippen LogP contribution in [0.2, 0.25) is 0 Å². The summed E-state index contributed by atoms with van der Waals surface area (Å²) in [4.78, 5) is 39.2. The van der Waals surface area contributed by atoms with E-state index in [0.29, 0.717) is 22.5 Å². The number of carbonyl (C=O) groups excluding carboxylic acids is 1. The SMILES string of the molecule is Cc1ccc(NC(=O)CCc2c(C)[nH]c(=O)[nH]c2=O)cc1F. The molecule has 1 aromatic heterocycles. The average Bonchev–Trinajstić information content (AvgIpc) is 2.41. The van der Waals surface area contributed by atoms with E-state index in [0.717, 1.165) is 0 Å². The third kappa shape index (κ3) is 3.69. The average molecular weight is 305 g/mol. The molecule has 0 bridgehead atoms. The Hall–Kier alpha value is -2.70. The van der Waals surface area contributed by atoms with Gasteiger partial charge in [-0.05, 0) is 38.0 Å². The molecular formula is C15H16FN3O3. The van der Waals surface area contributed by atoms with Gasteiger partial charge in [0.2, 0.25) is 5.91 Å². The van der Waals surface area contributed by atoms with Crippen molar-refractivity contribution in [2.75, 3.05) is 5.32 Å². The summed E-state index contributed by atoms with van der Waals surface area (Å²) in [5, 5.41) is 2.57. The molecule has 0 saturated carbocycles. The van der Waals surface area contributed by atoms with Crippen molar-refractivity contribution in [3.63, 3.8) is 0 Å². The van der Waals surface area contributed by atoms with Gasteiger partial charge >= 0.3 is 5.69 Å². The van der Waals surface area contributed by atoms with E-state index in [4.69, 9.17) is 0 Å². The van der Waals surface area contributed by atoms with E-state index in [-0.39, 0.29) is 18.7 Å². The number of benzene rings is 1. The highest BCUT2D eigenvalue weighted by atomic mass is 19.1. The molecule has 0 saturated heterocycles. The van der Waals surface area contributed by atoms with E-state index < -0.39 is 17.1 Å². The molecule has 1 amide bonds. The smallest absolute Gasteiger partial charge is 0.325 e. The third-order valence-corrected chi connectivity index (χ3v) is 3.31. The van der Waals surface area contributed by atoms with Crippen LogP contribution in [-0.4, -0.2) is 15.9 Å². The normalized spacial score (nSPS) is 10.5. The zero-order chi connectivity index (χ0) is 16.3. The molecule has 6 nitrogen and oxygen atoms in total. The van der Waals surface area contributed by atoms with E-state index >= 15 is 0 Å². The number of hydrogen-bond donors (Lipinski definition) is 3. The van der Waals surface area contributed by atoms with Gasteiger partial charge in [-0.15, -0.1) is 0 Å². The van der Waals surface area contributed by atoms with E-state index in [9.17, 15) is 18.8 Å². The predicted octanol–water partition coefficient (Wildman–Crippen LogP) is 1.39. The maximum atomic E-state index is 13.4. The highest BCUT2D eigenvalue weighted by Crippen LogP contribution is 2.14. The molecule has 3 N–H and O–H groups in total. The van der Waals surface area contributed by atoms with Gasteiger partial charge in [0.1, 0.15) is 5.82 Å². The Kier molecular flexibility index (Phi) is 4.55. The summed E-state index contributed by atoms with van der Waals surface area (Å²) in [7, 11) is 0. The van der Waals surface area contributed by atoms with Crippen molar-refractivity contribution in [3.8, 4) is 0 Å². The number of nitrogens with one attached hydrogen (secondary N) is 3. The lowest BCUT2D eigenvalue weighted by Crippen LogP contribution is -2.27. The number of rotatable bonds is 4. The lowest BCUT2D eigenvalue weighted by atomic mass is 10.1. The van der Waals surface area contributed by atoms with E-state index in [1.807, 2.05) is 0 Å². The molecule has 0 unspecified atom stereocenters. The van der Waals surface area contributed by atoms with Gasteiger partial charge in [-0.25, -0.2) is 9.18 Å². The second kappa shape index (κ2) is 6.38. The van der Waals surface area contributed by atoms with Crippen LogP contribution < -0.4 is 16.6 Å². The molecule has 1 aromatic carbocycles. The van der Waals surface area contributed by atoms with Crippen molar-refractivity contribution in [1.82, 2.24) is 9.97 Å². The van der Waals surface area contributed by atoms with Gasteiger partial charge in [0.15, 0.2) is 0 Å². The standard InChI is InChI=1S/C15H16FN3O3/c1-8-3-4-10(7-12(8)16)18-13(20)6-5-11-9(2)17-15(22)19-14(11)21/h3-4,7H,5-6H2,1-2H3,(H,18,20)(H2,17,19,21,22). The monoisotopic (exact) mass is 305 g/mol. The number of aromatic amines is 2. The van der Waals surface area contributed by atoms with Crippen LogP contribution in [0.3, 0.4) is 0 Å². The Bertz CT molecular complexity index is 824. The fraction of sp³-hybridized carbons (Fsp3) is 0.267. The summed E-state index contributed by atoms with van der Waals surface area (Å²) in [6.07, 6.45) is 0.226. The van der Waals surface area contributed by atoms with Gasteiger partial charge in [0, 0.05) is 23.4 Å². The number of anilines is 1. The molecule has 0 aliphatic carbocycles. The van der Waals surface area contributed by atoms with Gasteiger partial charge in [0.05, 0.1) is 0 Å². The summed E-state index contributed by atoms with van der Waals surface area (Å²) in [6.45, 7) is 3.23.